The maximum Gasteiger partial charge on any atom is 0.272 e. The van der Waals surface area contributed by atoms with E-state index in [1.807, 2.05) is 0 Å². The average Bonchev–Trinajstić information content (AvgIpc) is 3.14. The molecular weight excluding hydrogens is 349 g/mol. The van der Waals surface area contributed by atoms with Gasteiger partial charge in [0.25, 0.3) is 11.8 Å². The summed E-state index contributed by atoms with van der Waals surface area (Å²) < 4.78 is 13.0. The molecule has 4 N–H and O–H groups in total. The molecule has 8 heteroatoms. The first-order chi connectivity index (χ1) is 13.1. The van der Waals surface area contributed by atoms with Crippen LogP contribution in [0.15, 0.2) is 36.7 Å². The van der Waals surface area contributed by atoms with Gasteiger partial charge < -0.3 is 16.4 Å². The average molecular weight is 371 g/mol. The van der Waals surface area contributed by atoms with Gasteiger partial charge in [0, 0.05) is 25.0 Å². The molecule has 0 saturated heterocycles. The first-order valence-electron chi connectivity index (χ1n) is 8.93. The predicted molar refractivity (Wildman–Crippen MR) is 97.3 cm³/mol. The lowest BCUT2D eigenvalue weighted by Crippen LogP contribution is -2.41. The summed E-state index contributed by atoms with van der Waals surface area (Å²) in [5.41, 5.74) is 6.43. The molecule has 1 aromatic carbocycles. The Morgan fingerprint density at radius 3 is 2.41 bits per heavy atom. The number of nitrogens with one attached hydrogen (secondary N) is 2. The molecule has 1 fully saturated rings. The van der Waals surface area contributed by atoms with Gasteiger partial charge in [-0.25, -0.2) is 14.4 Å². The topological polar surface area (TPSA) is 110 Å². The molecule has 27 heavy (non-hydrogen) atoms. The van der Waals surface area contributed by atoms with Crippen LogP contribution >= 0.6 is 0 Å². The van der Waals surface area contributed by atoms with Crippen LogP contribution in [0.1, 0.15) is 45.8 Å². The number of carbonyl (C=O) groups excluding carboxylic acids is 2. The third-order valence-corrected chi connectivity index (χ3v) is 4.77. The Balaban J connectivity index is 1.68. The molecule has 0 bridgehead atoms. The highest BCUT2D eigenvalue weighted by molar-refractivity contribution is 6.04. The van der Waals surface area contributed by atoms with Crippen LogP contribution in [0.25, 0.3) is 0 Å². The summed E-state index contributed by atoms with van der Waals surface area (Å²) in [6.45, 7) is 0.699. The number of hydrogen-bond donors (Lipinski definition) is 3. The van der Waals surface area contributed by atoms with Gasteiger partial charge in [-0.05, 0) is 43.0 Å². The molecule has 0 aliphatic heterocycles. The van der Waals surface area contributed by atoms with Crippen LogP contribution in [0, 0.1) is 11.7 Å². The Labute approximate surface area is 156 Å². The molecule has 7 nitrogen and oxygen atoms in total. The molecule has 2 aromatic rings. The minimum Gasteiger partial charge on any atom is -0.348 e. The number of aromatic nitrogens is 2. The van der Waals surface area contributed by atoms with E-state index in [0.29, 0.717) is 6.54 Å². The number of rotatable bonds is 6. The molecule has 2 unspecified atom stereocenters. The lowest BCUT2D eigenvalue weighted by Gasteiger charge is -2.19. The second kappa shape index (κ2) is 8.68. The van der Waals surface area contributed by atoms with E-state index in [9.17, 15) is 14.0 Å². The molecular formula is C19H22FN5O2. The number of halogens is 1. The number of nitrogens with zero attached hydrogens (tertiary/aromatic N) is 2. The maximum atomic E-state index is 13.0. The van der Waals surface area contributed by atoms with Gasteiger partial charge in [0.05, 0.1) is 0 Å². The fourth-order valence-corrected chi connectivity index (χ4v) is 3.28. The van der Waals surface area contributed by atoms with Gasteiger partial charge in [-0.2, -0.15) is 0 Å². The van der Waals surface area contributed by atoms with E-state index < -0.39 is 11.8 Å². The van der Waals surface area contributed by atoms with Gasteiger partial charge in [0.1, 0.15) is 5.82 Å². The van der Waals surface area contributed by atoms with Crippen molar-refractivity contribution in [1.82, 2.24) is 20.6 Å². The van der Waals surface area contributed by atoms with E-state index in [0.717, 1.165) is 24.8 Å². The van der Waals surface area contributed by atoms with Gasteiger partial charge in [-0.15, -0.1) is 0 Å². The molecule has 1 aliphatic carbocycles. The summed E-state index contributed by atoms with van der Waals surface area (Å²) in [5.74, 6) is -1.05. The largest absolute Gasteiger partial charge is 0.348 e. The summed E-state index contributed by atoms with van der Waals surface area (Å²) in [7, 11) is 0. The molecule has 0 radical (unpaired) electrons. The molecule has 142 valence electrons. The summed E-state index contributed by atoms with van der Waals surface area (Å²) in [6, 6.07) is 5.77. The van der Waals surface area contributed by atoms with E-state index >= 15 is 0 Å². The lowest BCUT2D eigenvalue weighted by atomic mass is 10.0. The van der Waals surface area contributed by atoms with Gasteiger partial charge in [0.2, 0.25) is 0 Å². The fraction of sp³-hybridized carbons (Fsp3) is 0.368. The molecule has 1 aliphatic rings. The minimum absolute atomic E-state index is 0.0142. The second-order valence-corrected chi connectivity index (χ2v) is 6.57. The number of hydrogen-bond acceptors (Lipinski definition) is 5. The number of nitrogens with two attached hydrogens (primary N) is 1. The van der Waals surface area contributed by atoms with Crippen LogP contribution in [0.5, 0.6) is 0 Å². The SMILES string of the molecule is NCC1CCCC1NC(=O)c1nccnc1C(=O)NCc1ccc(F)cc1. The first-order valence-corrected chi connectivity index (χ1v) is 8.93. The predicted octanol–water partition coefficient (Wildman–Crippen LogP) is 1.40. The maximum absolute atomic E-state index is 13.0. The first kappa shape index (κ1) is 18.9. The van der Waals surface area contributed by atoms with Crippen LogP contribution in [-0.4, -0.2) is 34.4 Å². The summed E-state index contributed by atoms with van der Waals surface area (Å²) >= 11 is 0. The Morgan fingerprint density at radius 2 is 1.74 bits per heavy atom. The van der Waals surface area contributed by atoms with E-state index in [-0.39, 0.29) is 35.7 Å². The number of benzene rings is 1. The molecule has 1 aromatic heterocycles. The van der Waals surface area contributed by atoms with Crippen molar-refractivity contribution in [3.8, 4) is 0 Å². The van der Waals surface area contributed by atoms with E-state index in [2.05, 4.69) is 20.6 Å². The van der Waals surface area contributed by atoms with Crippen LogP contribution in [0.4, 0.5) is 4.39 Å². The molecule has 3 rings (SSSR count). The van der Waals surface area contributed by atoms with E-state index in [1.54, 1.807) is 12.1 Å². The minimum atomic E-state index is -0.514. The normalized spacial score (nSPS) is 18.9. The standard InChI is InChI=1S/C19H22FN5O2/c20-14-6-4-12(5-7-14)11-24-18(26)16-17(23-9-8-22-16)19(27)25-15-3-1-2-13(15)10-21/h4-9,13,15H,1-3,10-11,21H2,(H,24,26)(H,25,27). The van der Waals surface area contributed by atoms with Crippen LogP contribution in [0.2, 0.25) is 0 Å². The Morgan fingerprint density at radius 1 is 1.07 bits per heavy atom. The molecule has 1 saturated carbocycles. The van der Waals surface area contributed by atoms with Crippen LogP contribution in [0.3, 0.4) is 0 Å². The quantitative estimate of drug-likeness (QED) is 0.711. The highest BCUT2D eigenvalue weighted by Crippen LogP contribution is 2.24. The highest BCUT2D eigenvalue weighted by Gasteiger charge is 2.29. The molecule has 0 spiro atoms. The van der Waals surface area contributed by atoms with Crippen LogP contribution < -0.4 is 16.4 Å². The second-order valence-electron chi connectivity index (χ2n) is 6.57. The van der Waals surface area contributed by atoms with Crippen molar-refractivity contribution in [2.45, 2.75) is 31.8 Å². The third kappa shape index (κ3) is 4.65. The zero-order chi connectivity index (χ0) is 19.2. The summed E-state index contributed by atoms with van der Waals surface area (Å²) in [5, 5.41) is 5.61. The number of carbonyl (C=O) groups is 2. The Kier molecular flexibility index (Phi) is 6.08. The van der Waals surface area contributed by atoms with Crippen LogP contribution in [-0.2, 0) is 6.54 Å². The Hall–Kier alpha value is -2.87. The van der Waals surface area contributed by atoms with Crippen molar-refractivity contribution in [2.24, 2.45) is 11.7 Å². The van der Waals surface area contributed by atoms with E-state index in [4.69, 9.17) is 5.73 Å². The van der Waals surface area contributed by atoms with Crippen molar-refractivity contribution in [2.75, 3.05) is 6.54 Å². The van der Waals surface area contributed by atoms with Gasteiger partial charge in [-0.1, -0.05) is 18.6 Å². The van der Waals surface area contributed by atoms with Gasteiger partial charge in [0.15, 0.2) is 11.4 Å². The highest BCUT2D eigenvalue weighted by atomic mass is 19.1. The van der Waals surface area contributed by atoms with Gasteiger partial charge >= 0.3 is 0 Å². The fourth-order valence-electron chi connectivity index (χ4n) is 3.28. The molecule has 2 atom stereocenters. The molecule has 2 amide bonds. The number of amides is 2. The Bertz CT molecular complexity index is 812. The summed E-state index contributed by atoms with van der Waals surface area (Å²) in [6.07, 6.45) is 5.59. The van der Waals surface area contributed by atoms with Gasteiger partial charge in [-0.3, -0.25) is 9.59 Å². The van der Waals surface area contributed by atoms with E-state index in [1.165, 1.54) is 24.5 Å². The van der Waals surface area contributed by atoms with Crippen molar-refractivity contribution < 1.29 is 14.0 Å². The zero-order valence-electron chi connectivity index (χ0n) is 14.8. The lowest BCUT2D eigenvalue weighted by molar-refractivity contribution is 0.0895. The zero-order valence-corrected chi connectivity index (χ0v) is 14.8. The molecule has 1 heterocycles. The van der Waals surface area contributed by atoms with Crippen molar-refractivity contribution in [3.63, 3.8) is 0 Å². The monoisotopic (exact) mass is 371 g/mol. The van der Waals surface area contributed by atoms with Crippen molar-refractivity contribution in [3.05, 3.63) is 59.4 Å². The summed E-state index contributed by atoms with van der Waals surface area (Å²) in [4.78, 5) is 33.2. The third-order valence-electron chi connectivity index (χ3n) is 4.77. The van der Waals surface area contributed by atoms with Crippen molar-refractivity contribution >= 4 is 11.8 Å². The van der Waals surface area contributed by atoms with Crippen molar-refractivity contribution in [1.29, 1.82) is 0 Å². The smallest absolute Gasteiger partial charge is 0.272 e.